The summed E-state index contributed by atoms with van der Waals surface area (Å²) in [7, 11) is 3.06. The monoisotopic (exact) mass is 583 g/mol. The number of methoxy groups -OCH3 is 2. The van der Waals surface area contributed by atoms with Crippen LogP contribution < -0.4 is 14.8 Å². The molecular formula is C28H27Cl2N5O5. The maximum atomic E-state index is 10.9. The zero-order valence-corrected chi connectivity index (χ0v) is 23.3. The van der Waals surface area contributed by atoms with Crippen LogP contribution in [-0.4, -0.2) is 72.1 Å². The van der Waals surface area contributed by atoms with Crippen molar-refractivity contribution in [3.8, 4) is 28.7 Å². The highest BCUT2D eigenvalue weighted by molar-refractivity contribution is 6.37. The SMILES string of the molecule is COc1cc(Nc2c(C#N)cnc3cc(-c4coc(C(O)N5CCN(CO)CC5)c4)c(OC)cc23)c(Cl)cc1Cl. The summed E-state index contributed by atoms with van der Waals surface area (Å²) < 4.78 is 16.8. The van der Waals surface area contributed by atoms with Crippen molar-refractivity contribution in [2.75, 3.05) is 52.4 Å². The van der Waals surface area contributed by atoms with Crippen molar-refractivity contribution in [1.82, 2.24) is 14.8 Å². The highest BCUT2D eigenvalue weighted by Gasteiger charge is 2.26. The summed E-state index contributed by atoms with van der Waals surface area (Å²) in [6.07, 6.45) is 2.13. The molecule has 2 aromatic carbocycles. The molecule has 12 heteroatoms. The van der Waals surface area contributed by atoms with Crippen LogP contribution in [0.3, 0.4) is 0 Å². The summed E-state index contributed by atoms with van der Waals surface area (Å²) in [6.45, 7) is 2.50. The summed E-state index contributed by atoms with van der Waals surface area (Å²) >= 11 is 12.6. The quantitative estimate of drug-likeness (QED) is 0.261. The first-order valence-corrected chi connectivity index (χ1v) is 13.2. The number of aliphatic hydroxyl groups excluding tert-OH is 2. The lowest BCUT2D eigenvalue weighted by atomic mass is 10.0. The molecule has 1 fully saturated rings. The van der Waals surface area contributed by atoms with E-state index in [1.165, 1.54) is 13.3 Å². The minimum Gasteiger partial charge on any atom is -0.496 e. The number of hydrogen-bond acceptors (Lipinski definition) is 10. The van der Waals surface area contributed by atoms with Gasteiger partial charge in [0.25, 0.3) is 0 Å². The number of rotatable bonds is 8. The lowest BCUT2D eigenvalue weighted by molar-refractivity contribution is -0.0514. The topological polar surface area (TPSA) is 127 Å². The number of ether oxygens (including phenoxy) is 2. The fourth-order valence-corrected chi connectivity index (χ4v) is 5.22. The molecule has 0 amide bonds. The predicted molar refractivity (Wildman–Crippen MR) is 152 cm³/mol. The van der Waals surface area contributed by atoms with Crippen molar-refractivity contribution >= 4 is 45.5 Å². The van der Waals surface area contributed by atoms with Gasteiger partial charge < -0.3 is 29.4 Å². The van der Waals surface area contributed by atoms with Gasteiger partial charge in [0.05, 0.1) is 59.7 Å². The third kappa shape index (κ3) is 5.40. The van der Waals surface area contributed by atoms with E-state index < -0.39 is 6.23 Å². The van der Waals surface area contributed by atoms with Crippen molar-refractivity contribution in [2.24, 2.45) is 0 Å². The second kappa shape index (κ2) is 11.9. The molecule has 1 saturated heterocycles. The third-order valence-corrected chi connectivity index (χ3v) is 7.56. The van der Waals surface area contributed by atoms with Gasteiger partial charge in [0.1, 0.15) is 23.3 Å². The van der Waals surface area contributed by atoms with Crippen LogP contribution in [-0.2, 0) is 0 Å². The number of piperazine rings is 1. The second-order valence-electron chi connectivity index (χ2n) is 9.23. The number of nitrogens with zero attached hydrogens (tertiary/aromatic N) is 4. The van der Waals surface area contributed by atoms with Gasteiger partial charge in [-0.2, -0.15) is 5.26 Å². The summed E-state index contributed by atoms with van der Waals surface area (Å²) in [5.74, 6) is 1.35. The molecule has 0 bridgehead atoms. The molecule has 2 aromatic heterocycles. The molecule has 3 N–H and O–H groups in total. The highest BCUT2D eigenvalue weighted by atomic mass is 35.5. The molecule has 0 spiro atoms. The van der Waals surface area contributed by atoms with Crippen LogP contribution in [0.5, 0.6) is 11.5 Å². The van der Waals surface area contributed by atoms with Gasteiger partial charge in [-0.3, -0.25) is 14.8 Å². The van der Waals surface area contributed by atoms with E-state index in [4.69, 9.17) is 37.1 Å². The Kier molecular flexibility index (Phi) is 8.32. The van der Waals surface area contributed by atoms with Crippen LogP contribution in [0.25, 0.3) is 22.0 Å². The van der Waals surface area contributed by atoms with E-state index in [-0.39, 0.29) is 6.73 Å². The number of benzene rings is 2. The zero-order chi connectivity index (χ0) is 28.4. The molecule has 0 radical (unpaired) electrons. The summed E-state index contributed by atoms with van der Waals surface area (Å²) in [5.41, 5.74) is 3.31. The summed E-state index contributed by atoms with van der Waals surface area (Å²) in [4.78, 5) is 8.31. The third-order valence-electron chi connectivity index (χ3n) is 6.95. The van der Waals surface area contributed by atoms with Gasteiger partial charge in [-0.25, -0.2) is 0 Å². The number of halogens is 2. The number of furan rings is 1. The fraction of sp³-hybridized carbons (Fsp3) is 0.286. The van der Waals surface area contributed by atoms with E-state index in [0.717, 1.165) is 0 Å². The Labute approximate surface area is 240 Å². The van der Waals surface area contributed by atoms with E-state index in [9.17, 15) is 15.5 Å². The molecule has 5 rings (SSSR count). The average Bonchev–Trinajstić information content (AvgIpc) is 3.47. The Morgan fingerprint density at radius 2 is 1.82 bits per heavy atom. The van der Waals surface area contributed by atoms with Crippen LogP contribution >= 0.6 is 23.2 Å². The predicted octanol–water partition coefficient (Wildman–Crippen LogP) is 4.99. The molecule has 0 aliphatic carbocycles. The summed E-state index contributed by atoms with van der Waals surface area (Å²) in [5, 5.41) is 34.7. The maximum Gasteiger partial charge on any atom is 0.166 e. The lowest BCUT2D eigenvalue weighted by Crippen LogP contribution is -2.47. The lowest BCUT2D eigenvalue weighted by Gasteiger charge is -2.35. The van der Waals surface area contributed by atoms with Crippen molar-refractivity contribution in [1.29, 1.82) is 5.26 Å². The van der Waals surface area contributed by atoms with Crippen molar-refractivity contribution in [2.45, 2.75) is 6.23 Å². The van der Waals surface area contributed by atoms with Gasteiger partial charge in [0, 0.05) is 55.0 Å². The number of hydrogen-bond donors (Lipinski definition) is 3. The summed E-state index contributed by atoms with van der Waals surface area (Å²) in [6, 6.07) is 10.8. The van der Waals surface area contributed by atoms with E-state index in [0.29, 0.717) is 92.5 Å². The standard InChI is InChI=1S/C28H27Cl2N5O5/c1-38-24-9-19-22(32-13-17(12-31)27(19)33-23-11-25(39-2)21(30)10-20(23)29)8-18(24)16-7-26(40-14-16)28(37)35-5-3-34(15-36)4-6-35/h7-11,13-14,28,36-37H,3-6,15H2,1-2H3,(H,32,33). The number of nitrogens with one attached hydrogen (secondary N) is 1. The normalized spacial score (nSPS) is 15.1. The van der Waals surface area contributed by atoms with Crippen LogP contribution in [0.2, 0.25) is 10.0 Å². The van der Waals surface area contributed by atoms with Crippen molar-refractivity contribution in [3.63, 3.8) is 0 Å². The Morgan fingerprint density at radius 3 is 2.50 bits per heavy atom. The number of fused-ring (bicyclic) bond motifs is 1. The van der Waals surface area contributed by atoms with Gasteiger partial charge in [-0.1, -0.05) is 23.2 Å². The van der Waals surface area contributed by atoms with E-state index in [2.05, 4.69) is 16.4 Å². The van der Waals surface area contributed by atoms with Gasteiger partial charge in [-0.05, 0) is 24.3 Å². The number of nitriles is 1. The van der Waals surface area contributed by atoms with Crippen LogP contribution in [0.15, 0.2) is 47.2 Å². The average molecular weight is 584 g/mol. The molecule has 4 aromatic rings. The largest absolute Gasteiger partial charge is 0.496 e. The van der Waals surface area contributed by atoms with Crippen LogP contribution in [0.4, 0.5) is 11.4 Å². The number of aromatic nitrogens is 1. The highest BCUT2D eigenvalue weighted by Crippen LogP contribution is 2.41. The van der Waals surface area contributed by atoms with E-state index in [1.807, 2.05) is 15.9 Å². The Morgan fingerprint density at radius 1 is 1.07 bits per heavy atom. The van der Waals surface area contributed by atoms with Gasteiger partial charge in [0.15, 0.2) is 6.23 Å². The first-order valence-electron chi connectivity index (χ1n) is 12.4. The van der Waals surface area contributed by atoms with Gasteiger partial charge in [-0.15, -0.1) is 0 Å². The molecule has 40 heavy (non-hydrogen) atoms. The Bertz CT molecular complexity index is 1580. The van der Waals surface area contributed by atoms with Crippen LogP contribution in [0.1, 0.15) is 17.6 Å². The van der Waals surface area contributed by atoms with Crippen molar-refractivity contribution < 1.29 is 24.1 Å². The second-order valence-corrected chi connectivity index (χ2v) is 10.0. The van der Waals surface area contributed by atoms with Crippen molar-refractivity contribution in [3.05, 3.63) is 64.2 Å². The molecule has 1 atom stereocenters. The Hall–Kier alpha value is -3.56. The number of anilines is 2. The van der Waals surface area contributed by atoms with E-state index >= 15 is 0 Å². The van der Waals surface area contributed by atoms with Crippen LogP contribution in [0, 0.1) is 11.3 Å². The minimum absolute atomic E-state index is 0.00133. The molecule has 0 saturated carbocycles. The van der Waals surface area contributed by atoms with Gasteiger partial charge in [0.2, 0.25) is 0 Å². The van der Waals surface area contributed by atoms with E-state index in [1.54, 1.807) is 37.6 Å². The first-order chi connectivity index (χ1) is 19.4. The fourth-order valence-electron chi connectivity index (χ4n) is 4.71. The molecule has 10 nitrogen and oxygen atoms in total. The number of aliphatic hydroxyl groups is 2. The number of pyridine rings is 1. The first kappa shape index (κ1) is 28.0. The minimum atomic E-state index is -0.922. The zero-order valence-electron chi connectivity index (χ0n) is 21.8. The maximum absolute atomic E-state index is 10.9. The smallest absolute Gasteiger partial charge is 0.166 e. The molecule has 1 aliphatic rings. The Balaban J connectivity index is 1.51. The molecule has 1 aliphatic heterocycles. The molecule has 1 unspecified atom stereocenters. The molecule has 208 valence electrons. The van der Waals surface area contributed by atoms with Gasteiger partial charge >= 0.3 is 0 Å². The molecule has 3 heterocycles. The molecular weight excluding hydrogens is 557 g/mol.